The molecule has 1 N–H and O–H groups in total. The third-order valence-corrected chi connectivity index (χ3v) is 6.58. The standard InChI is InChI=1S/C26H21Br2ClN4O3/c1-3-23-32-22-9-6-17(27)12-19(22)26(35)33(23)30-13-16-10-20(28)25(21(29)11-16)36-14-24(34)31-18-7-4-15(2)5-8-18/h4-13H,3,14H2,1-2H3,(H,31,34). The number of nitrogens with zero attached hydrogens (tertiary/aromatic N) is 3. The van der Waals surface area contributed by atoms with E-state index in [1.165, 1.54) is 10.9 Å². The molecule has 10 heteroatoms. The SMILES string of the molecule is CCc1nc2ccc(Br)cc2c(=O)n1N=Cc1cc(Cl)c(OCC(=O)Nc2ccc(C)cc2)c(Br)c1. The van der Waals surface area contributed by atoms with Crippen molar-refractivity contribution in [3.8, 4) is 5.75 Å². The van der Waals surface area contributed by atoms with E-state index in [2.05, 4.69) is 47.3 Å². The van der Waals surface area contributed by atoms with Crippen molar-refractivity contribution >= 4 is 72.2 Å². The molecule has 184 valence electrons. The Balaban J connectivity index is 1.52. The van der Waals surface area contributed by atoms with E-state index in [1.807, 2.05) is 44.2 Å². The van der Waals surface area contributed by atoms with Crippen LogP contribution in [0.1, 0.15) is 23.9 Å². The van der Waals surface area contributed by atoms with Gasteiger partial charge in [-0.15, -0.1) is 0 Å². The third kappa shape index (κ3) is 6.03. The number of fused-ring (bicyclic) bond motifs is 1. The van der Waals surface area contributed by atoms with Crippen molar-refractivity contribution in [3.05, 3.63) is 95.9 Å². The Labute approximate surface area is 229 Å². The molecular weight excluding hydrogens is 612 g/mol. The van der Waals surface area contributed by atoms with Gasteiger partial charge in [0.25, 0.3) is 11.5 Å². The van der Waals surface area contributed by atoms with Gasteiger partial charge < -0.3 is 10.1 Å². The molecule has 7 nitrogen and oxygen atoms in total. The maximum atomic E-state index is 13.1. The van der Waals surface area contributed by atoms with Crippen LogP contribution in [-0.2, 0) is 11.2 Å². The fraction of sp³-hybridized carbons (Fsp3) is 0.154. The summed E-state index contributed by atoms with van der Waals surface area (Å²) in [6, 6.07) is 16.2. The molecule has 0 radical (unpaired) electrons. The molecule has 0 fully saturated rings. The zero-order valence-electron chi connectivity index (χ0n) is 19.4. The summed E-state index contributed by atoms with van der Waals surface area (Å²) >= 11 is 13.3. The number of carbonyl (C=O) groups excluding carboxylic acids is 1. The Bertz CT molecular complexity index is 1510. The Morgan fingerprint density at radius 1 is 1.17 bits per heavy atom. The number of anilines is 1. The molecule has 0 saturated carbocycles. The topological polar surface area (TPSA) is 85.6 Å². The lowest BCUT2D eigenvalue weighted by Crippen LogP contribution is -2.22. The van der Waals surface area contributed by atoms with E-state index in [4.69, 9.17) is 16.3 Å². The highest BCUT2D eigenvalue weighted by Crippen LogP contribution is 2.34. The highest BCUT2D eigenvalue weighted by atomic mass is 79.9. The number of benzene rings is 3. The average molecular weight is 633 g/mol. The van der Waals surface area contributed by atoms with E-state index >= 15 is 0 Å². The first-order valence-electron chi connectivity index (χ1n) is 11.0. The van der Waals surface area contributed by atoms with Gasteiger partial charge in [-0.1, -0.05) is 52.2 Å². The van der Waals surface area contributed by atoms with Crippen molar-refractivity contribution in [1.29, 1.82) is 0 Å². The number of carbonyl (C=O) groups is 1. The minimum Gasteiger partial charge on any atom is -0.481 e. The van der Waals surface area contributed by atoms with E-state index < -0.39 is 0 Å². The quantitative estimate of drug-likeness (QED) is 0.241. The smallest absolute Gasteiger partial charge is 0.282 e. The molecule has 1 aromatic heterocycles. The summed E-state index contributed by atoms with van der Waals surface area (Å²) in [6.45, 7) is 3.67. The van der Waals surface area contributed by atoms with Crippen LogP contribution in [-0.4, -0.2) is 28.4 Å². The fourth-order valence-corrected chi connectivity index (χ4v) is 4.78. The van der Waals surface area contributed by atoms with Crippen molar-refractivity contribution in [2.45, 2.75) is 20.3 Å². The second kappa shape index (κ2) is 11.4. The number of aromatic nitrogens is 2. The molecule has 0 aliphatic rings. The summed E-state index contributed by atoms with van der Waals surface area (Å²) in [5, 5.41) is 7.91. The molecule has 0 saturated heterocycles. The number of nitrogens with one attached hydrogen (secondary N) is 1. The molecule has 0 spiro atoms. The van der Waals surface area contributed by atoms with Crippen LogP contribution in [0.2, 0.25) is 5.02 Å². The zero-order chi connectivity index (χ0) is 25.8. The number of aryl methyl sites for hydroxylation is 2. The Morgan fingerprint density at radius 3 is 2.61 bits per heavy atom. The van der Waals surface area contributed by atoms with Gasteiger partial charge >= 0.3 is 0 Å². The molecule has 4 aromatic rings. The van der Waals surface area contributed by atoms with Gasteiger partial charge in [-0.25, -0.2) is 4.98 Å². The molecule has 1 heterocycles. The molecule has 1 amide bonds. The first kappa shape index (κ1) is 26.1. The molecule has 0 bridgehead atoms. The van der Waals surface area contributed by atoms with Crippen molar-refractivity contribution in [2.24, 2.45) is 5.10 Å². The van der Waals surface area contributed by atoms with E-state index in [-0.39, 0.29) is 23.1 Å². The lowest BCUT2D eigenvalue weighted by Gasteiger charge is -2.12. The lowest BCUT2D eigenvalue weighted by atomic mass is 10.2. The monoisotopic (exact) mass is 630 g/mol. The van der Waals surface area contributed by atoms with Gasteiger partial charge in [-0.05, 0) is 70.9 Å². The van der Waals surface area contributed by atoms with Gasteiger partial charge in [-0.3, -0.25) is 9.59 Å². The second-order valence-electron chi connectivity index (χ2n) is 7.92. The van der Waals surface area contributed by atoms with Gasteiger partial charge in [0.2, 0.25) is 0 Å². The number of amides is 1. The van der Waals surface area contributed by atoms with Gasteiger partial charge in [0, 0.05) is 16.6 Å². The Morgan fingerprint density at radius 2 is 1.92 bits per heavy atom. The Kier molecular flexibility index (Phi) is 8.23. The highest BCUT2D eigenvalue weighted by Gasteiger charge is 2.13. The molecule has 0 unspecified atom stereocenters. The van der Waals surface area contributed by atoms with Crippen molar-refractivity contribution in [1.82, 2.24) is 9.66 Å². The summed E-state index contributed by atoms with van der Waals surface area (Å²) in [5.74, 6) is 0.557. The molecular formula is C26H21Br2ClN4O3. The van der Waals surface area contributed by atoms with E-state index in [9.17, 15) is 9.59 Å². The lowest BCUT2D eigenvalue weighted by molar-refractivity contribution is -0.118. The van der Waals surface area contributed by atoms with Crippen LogP contribution in [0.3, 0.4) is 0 Å². The van der Waals surface area contributed by atoms with Crippen LogP contribution in [0, 0.1) is 6.92 Å². The van der Waals surface area contributed by atoms with Crippen LogP contribution in [0.5, 0.6) is 5.75 Å². The Hall–Kier alpha value is -3.01. The van der Waals surface area contributed by atoms with Crippen molar-refractivity contribution < 1.29 is 9.53 Å². The molecule has 36 heavy (non-hydrogen) atoms. The predicted molar refractivity (Wildman–Crippen MR) is 151 cm³/mol. The van der Waals surface area contributed by atoms with Gasteiger partial charge in [0.05, 0.1) is 26.6 Å². The summed E-state index contributed by atoms with van der Waals surface area (Å²) in [4.78, 5) is 29.9. The van der Waals surface area contributed by atoms with E-state index in [0.717, 1.165) is 10.0 Å². The number of rotatable bonds is 7. The first-order chi connectivity index (χ1) is 17.2. The van der Waals surface area contributed by atoms with Crippen LogP contribution < -0.4 is 15.6 Å². The highest BCUT2D eigenvalue weighted by molar-refractivity contribution is 9.10. The normalized spacial score (nSPS) is 11.2. The number of ether oxygens (including phenoxy) is 1. The zero-order valence-corrected chi connectivity index (χ0v) is 23.3. The van der Waals surface area contributed by atoms with Gasteiger partial charge in [0.1, 0.15) is 5.82 Å². The maximum Gasteiger partial charge on any atom is 0.282 e. The van der Waals surface area contributed by atoms with Gasteiger partial charge in [0.15, 0.2) is 12.4 Å². The maximum absolute atomic E-state index is 13.1. The van der Waals surface area contributed by atoms with Crippen molar-refractivity contribution in [2.75, 3.05) is 11.9 Å². The van der Waals surface area contributed by atoms with Crippen LogP contribution in [0.15, 0.2) is 73.4 Å². The number of hydrogen-bond acceptors (Lipinski definition) is 5. The minimum absolute atomic E-state index is 0.215. The average Bonchev–Trinajstić information content (AvgIpc) is 2.84. The van der Waals surface area contributed by atoms with Crippen molar-refractivity contribution in [3.63, 3.8) is 0 Å². The van der Waals surface area contributed by atoms with Gasteiger partial charge in [-0.2, -0.15) is 9.78 Å². The third-order valence-electron chi connectivity index (χ3n) is 5.22. The molecule has 0 aliphatic heterocycles. The summed E-state index contributed by atoms with van der Waals surface area (Å²) in [5.41, 5.74) is 2.77. The summed E-state index contributed by atoms with van der Waals surface area (Å²) in [7, 11) is 0. The molecule has 4 rings (SSSR count). The van der Waals surface area contributed by atoms with Crippen LogP contribution in [0.4, 0.5) is 5.69 Å². The summed E-state index contributed by atoms with van der Waals surface area (Å²) < 4.78 is 8.27. The first-order valence-corrected chi connectivity index (χ1v) is 13.0. The predicted octanol–water partition coefficient (Wildman–Crippen LogP) is 6.35. The summed E-state index contributed by atoms with van der Waals surface area (Å²) in [6.07, 6.45) is 2.05. The number of halogens is 3. The fourth-order valence-electron chi connectivity index (χ4n) is 3.43. The van der Waals surface area contributed by atoms with Crippen LogP contribution >= 0.6 is 43.5 Å². The van der Waals surface area contributed by atoms with Crippen LogP contribution in [0.25, 0.3) is 10.9 Å². The number of hydrogen-bond donors (Lipinski definition) is 1. The largest absolute Gasteiger partial charge is 0.481 e. The molecule has 0 aliphatic carbocycles. The minimum atomic E-state index is -0.311. The second-order valence-corrected chi connectivity index (χ2v) is 10.1. The molecule has 0 atom stereocenters. The van der Waals surface area contributed by atoms with E-state index in [0.29, 0.717) is 44.6 Å². The molecule has 3 aromatic carbocycles. The van der Waals surface area contributed by atoms with E-state index in [1.54, 1.807) is 24.3 Å².